The summed E-state index contributed by atoms with van der Waals surface area (Å²) < 4.78 is 5.30. The molecule has 0 bridgehead atoms. The van der Waals surface area contributed by atoms with Crippen LogP contribution < -0.4 is 10.6 Å². The van der Waals surface area contributed by atoms with Crippen LogP contribution in [0.15, 0.2) is 30.3 Å². The first kappa shape index (κ1) is 15.0. The van der Waals surface area contributed by atoms with Crippen molar-refractivity contribution in [2.24, 2.45) is 5.41 Å². The van der Waals surface area contributed by atoms with Crippen molar-refractivity contribution in [1.82, 2.24) is 10.6 Å². The SMILES string of the molecule is COCC1(C(=O)N[C@@H](C)c2ccccc2)CCNCC1. The van der Waals surface area contributed by atoms with Crippen molar-refractivity contribution in [3.8, 4) is 0 Å². The number of carbonyl (C=O) groups is 1. The highest BCUT2D eigenvalue weighted by atomic mass is 16.5. The minimum absolute atomic E-state index is 0.0207. The van der Waals surface area contributed by atoms with Gasteiger partial charge in [-0.2, -0.15) is 0 Å². The molecule has 4 nitrogen and oxygen atoms in total. The summed E-state index contributed by atoms with van der Waals surface area (Å²) in [5.41, 5.74) is 0.741. The summed E-state index contributed by atoms with van der Waals surface area (Å²) in [5, 5.41) is 6.45. The largest absolute Gasteiger partial charge is 0.384 e. The van der Waals surface area contributed by atoms with E-state index in [0.717, 1.165) is 31.5 Å². The molecule has 1 aliphatic heterocycles. The normalized spacial score (nSPS) is 19.3. The number of hydrogen-bond acceptors (Lipinski definition) is 3. The second kappa shape index (κ2) is 6.86. The van der Waals surface area contributed by atoms with Crippen molar-refractivity contribution in [3.63, 3.8) is 0 Å². The molecule has 1 aliphatic rings. The van der Waals surface area contributed by atoms with Crippen LogP contribution in [0.25, 0.3) is 0 Å². The van der Waals surface area contributed by atoms with Crippen LogP contribution in [0.4, 0.5) is 0 Å². The van der Waals surface area contributed by atoms with Gasteiger partial charge < -0.3 is 15.4 Å². The zero-order valence-electron chi connectivity index (χ0n) is 12.3. The van der Waals surface area contributed by atoms with E-state index in [1.54, 1.807) is 7.11 Å². The Balaban J connectivity index is 2.05. The van der Waals surface area contributed by atoms with E-state index in [0.29, 0.717) is 6.61 Å². The Morgan fingerprint density at radius 1 is 1.35 bits per heavy atom. The highest BCUT2D eigenvalue weighted by Gasteiger charge is 2.40. The Bertz CT molecular complexity index is 422. The zero-order valence-corrected chi connectivity index (χ0v) is 12.3. The van der Waals surface area contributed by atoms with Crippen LogP contribution in [0.5, 0.6) is 0 Å². The van der Waals surface area contributed by atoms with Gasteiger partial charge in [-0.1, -0.05) is 30.3 Å². The second-order valence-electron chi connectivity index (χ2n) is 5.57. The Labute approximate surface area is 120 Å². The van der Waals surface area contributed by atoms with Crippen LogP contribution in [0.1, 0.15) is 31.4 Å². The molecule has 0 spiro atoms. The van der Waals surface area contributed by atoms with Gasteiger partial charge in [0.05, 0.1) is 18.1 Å². The van der Waals surface area contributed by atoms with Crippen LogP contribution in [0, 0.1) is 5.41 Å². The van der Waals surface area contributed by atoms with Gasteiger partial charge in [-0.15, -0.1) is 0 Å². The van der Waals surface area contributed by atoms with Gasteiger partial charge in [0.1, 0.15) is 0 Å². The fraction of sp³-hybridized carbons (Fsp3) is 0.562. The van der Waals surface area contributed by atoms with Gasteiger partial charge >= 0.3 is 0 Å². The third-order valence-corrected chi connectivity index (χ3v) is 4.11. The summed E-state index contributed by atoms with van der Waals surface area (Å²) in [6, 6.07) is 10.1. The van der Waals surface area contributed by atoms with E-state index >= 15 is 0 Å². The molecule has 2 rings (SSSR count). The first-order chi connectivity index (χ1) is 9.68. The van der Waals surface area contributed by atoms with Crippen molar-refractivity contribution < 1.29 is 9.53 Å². The van der Waals surface area contributed by atoms with E-state index in [2.05, 4.69) is 10.6 Å². The van der Waals surface area contributed by atoms with Crippen LogP contribution >= 0.6 is 0 Å². The van der Waals surface area contributed by atoms with E-state index in [1.807, 2.05) is 37.3 Å². The van der Waals surface area contributed by atoms with Crippen molar-refractivity contribution in [2.45, 2.75) is 25.8 Å². The monoisotopic (exact) mass is 276 g/mol. The van der Waals surface area contributed by atoms with Gasteiger partial charge in [0.2, 0.25) is 5.91 Å². The van der Waals surface area contributed by atoms with E-state index in [4.69, 9.17) is 4.74 Å². The minimum atomic E-state index is -0.386. The van der Waals surface area contributed by atoms with Crippen LogP contribution in [0.2, 0.25) is 0 Å². The number of benzene rings is 1. The molecule has 20 heavy (non-hydrogen) atoms. The Morgan fingerprint density at radius 2 is 2.00 bits per heavy atom. The molecule has 0 aromatic heterocycles. The highest BCUT2D eigenvalue weighted by molar-refractivity contribution is 5.83. The number of ether oxygens (including phenoxy) is 1. The predicted molar refractivity (Wildman–Crippen MR) is 79.4 cm³/mol. The van der Waals surface area contributed by atoms with Gasteiger partial charge in [-0.3, -0.25) is 4.79 Å². The lowest BCUT2D eigenvalue weighted by Gasteiger charge is -2.36. The minimum Gasteiger partial charge on any atom is -0.384 e. The van der Waals surface area contributed by atoms with E-state index in [1.165, 1.54) is 0 Å². The average Bonchev–Trinajstić information content (AvgIpc) is 2.49. The summed E-state index contributed by atoms with van der Waals surface area (Å²) in [6.45, 7) is 4.25. The number of amides is 1. The van der Waals surface area contributed by atoms with E-state index in [9.17, 15) is 4.79 Å². The number of methoxy groups -OCH3 is 1. The standard InChI is InChI=1S/C16H24N2O2/c1-13(14-6-4-3-5-7-14)18-15(19)16(12-20-2)8-10-17-11-9-16/h3-7,13,17H,8-12H2,1-2H3,(H,18,19)/t13-/m0/s1. The number of carbonyl (C=O) groups excluding carboxylic acids is 1. The van der Waals surface area contributed by atoms with E-state index < -0.39 is 0 Å². The molecule has 1 atom stereocenters. The summed E-state index contributed by atoms with van der Waals surface area (Å²) in [6.07, 6.45) is 1.66. The molecule has 1 amide bonds. The van der Waals surface area contributed by atoms with Crippen molar-refractivity contribution in [1.29, 1.82) is 0 Å². The summed E-state index contributed by atoms with van der Waals surface area (Å²) >= 11 is 0. The first-order valence-electron chi connectivity index (χ1n) is 7.23. The molecule has 0 radical (unpaired) electrons. The quantitative estimate of drug-likeness (QED) is 0.863. The number of hydrogen-bond donors (Lipinski definition) is 2. The molecule has 110 valence electrons. The van der Waals surface area contributed by atoms with Crippen LogP contribution in [0.3, 0.4) is 0 Å². The zero-order chi connectivity index (χ0) is 14.4. The number of rotatable bonds is 5. The highest BCUT2D eigenvalue weighted by Crippen LogP contribution is 2.30. The second-order valence-corrected chi connectivity index (χ2v) is 5.57. The van der Waals surface area contributed by atoms with Crippen LogP contribution in [-0.2, 0) is 9.53 Å². The lowest BCUT2D eigenvalue weighted by molar-refractivity contribution is -0.136. The molecule has 4 heteroatoms. The predicted octanol–water partition coefficient (Wildman–Crippen LogP) is 1.88. The maximum Gasteiger partial charge on any atom is 0.229 e. The maximum absolute atomic E-state index is 12.7. The van der Waals surface area contributed by atoms with Gasteiger partial charge in [0.15, 0.2) is 0 Å². The fourth-order valence-electron chi connectivity index (χ4n) is 2.79. The molecule has 1 aromatic carbocycles. The average molecular weight is 276 g/mol. The Hall–Kier alpha value is -1.39. The molecule has 1 heterocycles. The fourth-order valence-corrected chi connectivity index (χ4v) is 2.79. The van der Waals surface area contributed by atoms with Crippen molar-refractivity contribution in [3.05, 3.63) is 35.9 Å². The molecule has 0 unspecified atom stereocenters. The Kier molecular flexibility index (Phi) is 5.15. The first-order valence-corrected chi connectivity index (χ1v) is 7.23. The third kappa shape index (κ3) is 3.38. The van der Waals surface area contributed by atoms with Crippen LogP contribution in [-0.4, -0.2) is 32.7 Å². The topological polar surface area (TPSA) is 50.4 Å². The number of piperidine rings is 1. The van der Waals surface area contributed by atoms with Gasteiger partial charge in [-0.05, 0) is 38.4 Å². The lowest BCUT2D eigenvalue weighted by Crippen LogP contribution is -2.50. The van der Waals surface area contributed by atoms with Gasteiger partial charge in [0, 0.05) is 7.11 Å². The lowest BCUT2D eigenvalue weighted by atomic mass is 9.78. The van der Waals surface area contributed by atoms with Gasteiger partial charge in [-0.25, -0.2) is 0 Å². The molecule has 1 fully saturated rings. The molecule has 0 aliphatic carbocycles. The molecule has 1 aromatic rings. The third-order valence-electron chi connectivity index (χ3n) is 4.11. The van der Waals surface area contributed by atoms with E-state index in [-0.39, 0.29) is 17.4 Å². The summed E-state index contributed by atoms with van der Waals surface area (Å²) in [5.74, 6) is 0.109. The summed E-state index contributed by atoms with van der Waals surface area (Å²) in [4.78, 5) is 12.7. The molecule has 2 N–H and O–H groups in total. The molecular formula is C16H24N2O2. The smallest absolute Gasteiger partial charge is 0.229 e. The molecular weight excluding hydrogens is 252 g/mol. The molecule has 1 saturated heterocycles. The molecule has 0 saturated carbocycles. The van der Waals surface area contributed by atoms with Crippen molar-refractivity contribution in [2.75, 3.05) is 26.8 Å². The van der Waals surface area contributed by atoms with Crippen molar-refractivity contribution >= 4 is 5.91 Å². The Morgan fingerprint density at radius 3 is 2.60 bits per heavy atom. The maximum atomic E-state index is 12.7. The van der Waals surface area contributed by atoms with Gasteiger partial charge in [0.25, 0.3) is 0 Å². The summed E-state index contributed by atoms with van der Waals surface area (Å²) in [7, 11) is 1.66. The number of nitrogens with one attached hydrogen (secondary N) is 2.